The molecule has 12 heteroatoms. The van der Waals surface area contributed by atoms with Gasteiger partial charge >= 0.3 is 0 Å². The summed E-state index contributed by atoms with van der Waals surface area (Å²) >= 11 is 6.25. The maximum absolute atomic E-state index is 13.7. The number of carbonyl (C=O) groups excluding carboxylic acids is 1. The Morgan fingerprint density at radius 3 is 2.27 bits per heavy atom. The largest absolute Gasteiger partial charge is 0.389 e. The maximum atomic E-state index is 13.7. The molecule has 2 N–H and O–H groups in total. The van der Waals surface area contributed by atoms with Crippen molar-refractivity contribution >= 4 is 42.9 Å². The first kappa shape index (κ1) is 27.9. The first-order valence-corrected chi connectivity index (χ1v) is 15.8. The Morgan fingerprint density at radius 2 is 1.68 bits per heavy atom. The zero-order chi connectivity index (χ0) is 27.3. The number of halogens is 3. The summed E-state index contributed by atoms with van der Waals surface area (Å²) in [5.41, 5.74) is -0.936. The van der Waals surface area contributed by atoms with Crippen molar-refractivity contribution in [2.24, 2.45) is 11.8 Å². The number of benzene rings is 2. The van der Waals surface area contributed by atoms with Gasteiger partial charge in [-0.15, -0.1) is 0 Å². The Kier molecular flexibility index (Phi) is 7.48. The Hall–Kier alpha value is -2.08. The lowest BCUT2D eigenvalue weighted by Crippen LogP contribution is -2.49. The number of aliphatic hydroxyl groups is 1. The molecule has 2 aromatic carbocycles. The number of fused-ring (bicyclic) bond motifs is 2. The number of anilines is 1. The number of hydrogen-bond acceptors (Lipinski definition) is 6. The van der Waals surface area contributed by atoms with E-state index in [1.807, 2.05) is 0 Å². The Morgan fingerprint density at radius 1 is 1.08 bits per heavy atom. The fraction of sp³-hybridized carbons (Fsp3) is 0.480. The molecule has 0 aliphatic heterocycles. The van der Waals surface area contributed by atoms with E-state index in [2.05, 4.69) is 5.32 Å². The third-order valence-electron chi connectivity index (χ3n) is 7.70. The number of sulfone groups is 2. The summed E-state index contributed by atoms with van der Waals surface area (Å²) in [6.07, 6.45) is 2.67. The molecule has 2 aliphatic carbocycles. The highest BCUT2D eigenvalue weighted by molar-refractivity contribution is 7.92. The zero-order valence-corrected chi connectivity index (χ0v) is 22.7. The average Bonchev–Trinajstić information content (AvgIpc) is 2.97. The zero-order valence-electron chi connectivity index (χ0n) is 20.3. The van der Waals surface area contributed by atoms with Gasteiger partial charge in [0.1, 0.15) is 9.84 Å². The van der Waals surface area contributed by atoms with Crippen LogP contribution in [0.4, 0.5) is 14.5 Å². The summed E-state index contributed by atoms with van der Waals surface area (Å²) in [6, 6.07) is 5.58. The van der Waals surface area contributed by atoms with Gasteiger partial charge in [-0.25, -0.2) is 25.6 Å². The number of hydrogen-bond donors (Lipinski definition) is 2. The van der Waals surface area contributed by atoms with Crippen LogP contribution in [0.3, 0.4) is 0 Å². The van der Waals surface area contributed by atoms with E-state index in [1.165, 1.54) is 19.1 Å². The number of aryl methyl sites for hydroxylation is 1. The maximum Gasteiger partial charge on any atom is 0.255 e. The lowest BCUT2D eigenvalue weighted by Gasteiger charge is -2.42. The normalized spacial score (nSPS) is 25.7. The van der Waals surface area contributed by atoms with Crippen LogP contribution in [0.5, 0.6) is 0 Å². The van der Waals surface area contributed by atoms with Gasteiger partial charge in [0.2, 0.25) is 0 Å². The van der Waals surface area contributed by atoms with Gasteiger partial charge in [0.25, 0.3) is 5.91 Å². The molecule has 0 radical (unpaired) electrons. The van der Waals surface area contributed by atoms with Gasteiger partial charge < -0.3 is 10.4 Å². The highest BCUT2D eigenvalue weighted by Gasteiger charge is 2.55. The fourth-order valence-electron chi connectivity index (χ4n) is 5.64. The van der Waals surface area contributed by atoms with Crippen LogP contribution in [-0.4, -0.2) is 50.7 Å². The summed E-state index contributed by atoms with van der Waals surface area (Å²) in [5.74, 6) is -3.82. The molecule has 2 aromatic rings. The molecule has 2 saturated carbocycles. The van der Waals surface area contributed by atoms with Gasteiger partial charge in [0, 0.05) is 23.6 Å². The van der Waals surface area contributed by atoms with E-state index in [1.54, 1.807) is 0 Å². The minimum atomic E-state index is -4.01. The predicted molar refractivity (Wildman–Crippen MR) is 136 cm³/mol. The van der Waals surface area contributed by atoms with E-state index in [0.717, 1.165) is 24.5 Å². The van der Waals surface area contributed by atoms with E-state index < -0.39 is 48.1 Å². The molecular formula is C25H28ClF2NO6S2. The molecule has 4 atom stereocenters. The molecule has 0 spiro atoms. The smallest absolute Gasteiger partial charge is 0.255 e. The van der Waals surface area contributed by atoms with Crippen LogP contribution in [0.15, 0.2) is 35.2 Å². The van der Waals surface area contributed by atoms with Crippen LogP contribution in [0.1, 0.15) is 48.0 Å². The standard InChI is InChI=1S/C25H28ClF2NO6S2/c1-14-9-20(27)21(28)13-22(14)29-24(30)15-3-6-19(26)23(10-15)37(34,35)18-11-16-4-5-17(12-18)25(16,31)7-8-36(2,32)33/h3,6,9-10,13,16-18,31H,4-5,7-8,11-12H2,1-2H3,(H,29,30)/t16-,17?,18?,25?/m0/s1. The molecule has 2 fully saturated rings. The summed E-state index contributed by atoms with van der Waals surface area (Å²) in [5, 5.41) is 12.8. The van der Waals surface area contributed by atoms with Crippen molar-refractivity contribution in [3.05, 3.63) is 58.1 Å². The van der Waals surface area contributed by atoms with E-state index in [0.29, 0.717) is 12.8 Å². The predicted octanol–water partition coefficient (Wildman–Crippen LogP) is 4.31. The van der Waals surface area contributed by atoms with Crippen molar-refractivity contribution < 1.29 is 35.5 Å². The molecule has 202 valence electrons. The van der Waals surface area contributed by atoms with Gasteiger partial charge in [-0.1, -0.05) is 11.6 Å². The highest BCUT2D eigenvalue weighted by atomic mass is 35.5. The third kappa shape index (κ3) is 5.55. The van der Waals surface area contributed by atoms with Crippen molar-refractivity contribution in [3.8, 4) is 0 Å². The Bertz CT molecular complexity index is 1450. The van der Waals surface area contributed by atoms with Crippen molar-refractivity contribution in [2.75, 3.05) is 17.3 Å². The lowest BCUT2D eigenvalue weighted by molar-refractivity contribution is -0.0603. The highest BCUT2D eigenvalue weighted by Crippen LogP contribution is 2.53. The van der Waals surface area contributed by atoms with Crippen molar-refractivity contribution in [1.29, 1.82) is 0 Å². The minimum absolute atomic E-state index is 0.0319. The second kappa shape index (κ2) is 9.91. The topological polar surface area (TPSA) is 118 Å². The van der Waals surface area contributed by atoms with E-state index in [9.17, 15) is 35.5 Å². The molecular weight excluding hydrogens is 548 g/mol. The number of carbonyl (C=O) groups is 1. The first-order chi connectivity index (χ1) is 17.1. The van der Waals surface area contributed by atoms with E-state index >= 15 is 0 Å². The Labute approximate surface area is 220 Å². The van der Waals surface area contributed by atoms with Crippen LogP contribution in [-0.2, 0) is 19.7 Å². The van der Waals surface area contributed by atoms with Crippen molar-refractivity contribution in [2.45, 2.75) is 54.8 Å². The molecule has 4 rings (SSSR count). The van der Waals surface area contributed by atoms with E-state index in [4.69, 9.17) is 11.6 Å². The van der Waals surface area contributed by atoms with Gasteiger partial charge in [0.05, 0.1) is 26.5 Å². The average molecular weight is 576 g/mol. The SMILES string of the molecule is Cc1cc(F)c(F)cc1NC(=O)c1ccc(Cl)c(S(=O)(=O)C2CC3CC[C@@H](C2)C3(O)CCS(C)(=O)=O)c1. The molecule has 7 nitrogen and oxygen atoms in total. The Balaban J connectivity index is 1.57. The third-order valence-corrected chi connectivity index (χ3v) is 11.3. The first-order valence-electron chi connectivity index (χ1n) is 11.8. The fourth-order valence-corrected chi connectivity index (χ4v) is 8.74. The quantitative estimate of drug-likeness (QED) is 0.508. The monoisotopic (exact) mass is 575 g/mol. The van der Waals surface area contributed by atoms with Crippen LogP contribution in [0, 0.1) is 30.4 Å². The van der Waals surface area contributed by atoms with Gasteiger partial charge in [-0.3, -0.25) is 4.79 Å². The molecule has 1 amide bonds. The van der Waals surface area contributed by atoms with Crippen molar-refractivity contribution in [1.82, 2.24) is 0 Å². The van der Waals surface area contributed by atoms with Gasteiger partial charge in [0.15, 0.2) is 21.5 Å². The van der Waals surface area contributed by atoms with Crippen LogP contribution in [0.2, 0.25) is 5.02 Å². The molecule has 2 bridgehead atoms. The van der Waals surface area contributed by atoms with Crippen LogP contribution in [0.25, 0.3) is 0 Å². The molecule has 3 unspecified atom stereocenters. The summed E-state index contributed by atoms with van der Waals surface area (Å²) in [4.78, 5) is 12.6. The minimum Gasteiger partial charge on any atom is -0.389 e. The number of nitrogens with one attached hydrogen (secondary N) is 1. The molecule has 37 heavy (non-hydrogen) atoms. The van der Waals surface area contributed by atoms with E-state index in [-0.39, 0.29) is 63.6 Å². The number of amides is 1. The van der Waals surface area contributed by atoms with Crippen molar-refractivity contribution in [3.63, 3.8) is 0 Å². The summed E-state index contributed by atoms with van der Waals surface area (Å²) in [6.45, 7) is 1.49. The second-order valence-electron chi connectivity index (χ2n) is 10.2. The molecule has 0 saturated heterocycles. The van der Waals surface area contributed by atoms with Crippen LogP contribution < -0.4 is 5.32 Å². The molecule has 2 aliphatic rings. The lowest BCUT2D eigenvalue weighted by atomic mass is 9.73. The summed E-state index contributed by atoms with van der Waals surface area (Å²) in [7, 11) is -7.30. The molecule has 0 heterocycles. The van der Waals surface area contributed by atoms with Gasteiger partial charge in [-0.2, -0.15) is 0 Å². The second-order valence-corrected chi connectivity index (χ2v) is 15.0. The molecule has 0 aromatic heterocycles. The van der Waals surface area contributed by atoms with Gasteiger partial charge in [-0.05, 0) is 80.7 Å². The summed E-state index contributed by atoms with van der Waals surface area (Å²) < 4.78 is 77.7. The van der Waals surface area contributed by atoms with Crippen LogP contribution >= 0.6 is 11.6 Å². The number of rotatable bonds is 7.